The van der Waals surface area contributed by atoms with Crippen molar-refractivity contribution < 1.29 is 31.5 Å². The van der Waals surface area contributed by atoms with Crippen molar-refractivity contribution in [3.8, 4) is 11.1 Å². The van der Waals surface area contributed by atoms with Gasteiger partial charge in [0.1, 0.15) is 22.2 Å². The van der Waals surface area contributed by atoms with Crippen LogP contribution in [0.25, 0.3) is 22.1 Å². The molecule has 0 amide bonds. The summed E-state index contributed by atoms with van der Waals surface area (Å²) in [5.74, 6) is -1.42. The molecule has 0 aliphatic rings. The van der Waals surface area contributed by atoms with Gasteiger partial charge in [-0.1, -0.05) is 23.9 Å². The summed E-state index contributed by atoms with van der Waals surface area (Å²) in [7, 11) is 0. The minimum atomic E-state index is -5.16. The van der Waals surface area contributed by atoms with Crippen molar-refractivity contribution in [3.05, 3.63) is 111 Å². The van der Waals surface area contributed by atoms with Crippen molar-refractivity contribution in [2.24, 2.45) is 0 Å². The summed E-state index contributed by atoms with van der Waals surface area (Å²) in [4.78, 5) is 16.3. The van der Waals surface area contributed by atoms with Crippen LogP contribution in [0.15, 0.2) is 97.3 Å². The van der Waals surface area contributed by atoms with Crippen molar-refractivity contribution >= 4 is 34.1 Å². The van der Waals surface area contributed by atoms with Crippen molar-refractivity contribution in [3.63, 3.8) is 0 Å². The van der Waals surface area contributed by atoms with Gasteiger partial charge in [0.05, 0.1) is 0 Å². The Hall–Kier alpha value is -3.54. The Labute approximate surface area is 214 Å². The van der Waals surface area contributed by atoms with Crippen LogP contribution in [-0.4, -0.2) is 16.3 Å². The molecule has 5 aromatic rings. The minimum Gasteiger partial charge on any atom is -0.423 e. The smallest absolute Gasteiger partial charge is 0.423 e. The zero-order valence-corrected chi connectivity index (χ0v) is 20.1. The second kappa shape index (κ2) is 9.40. The van der Waals surface area contributed by atoms with Gasteiger partial charge in [-0.15, -0.1) is 11.3 Å². The Morgan fingerprint density at radius 2 is 1.65 bits per heavy atom. The highest BCUT2D eigenvalue weighted by Gasteiger charge is 2.58. The highest BCUT2D eigenvalue weighted by atomic mass is 32.2. The quantitative estimate of drug-likeness (QED) is 0.187. The van der Waals surface area contributed by atoms with Crippen molar-refractivity contribution in [1.29, 1.82) is 0 Å². The van der Waals surface area contributed by atoms with E-state index in [9.17, 15) is 31.9 Å². The molecular formula is C26H14F5NO3S2. The van der Waals surface area contributed by atoms with Crippen molar-refractivity contribution in [1.82, 2.24) is 4.98 Å². The topological polar surface area (TPSA) is 63.3 Å². The monoisotopic (exact) mass is 547 g/mol. The molecule has 1 N–H and O–H groups in total. The SMILES string of the molecule is O=c1cc(-c2ccc(F)cc2)c2ccc(Sc3cc(F)cc(C(O)(c4nccs4)C(F)(F)F)c3)cc2o1. The molecule has 1 atom stereocenters. The fraction of sp³-hybridized carbons (Fsp3) is 0.0769. The van der Waals surface area contributed by atoms with Crippen LogP contribution < -0.4 is 5.63 Å². The maximum absolute atomic E-state index is 14.5. The lowest BCUT2D eigenvalue weighted by Gasteiger charge is -2.29. The van der Waals surface area contributed by atoms with Gasteiger partial charge < -0.3 is 9.52 Å². The Balaban J connectivity index is 1.55. The third kappa shape index (κ3) is 4.77. The molecule has 0 aliphatic heterocycles. The van der Waals surface area contributed by atoms with E-state index in [1.807, 2.05) is 0 Å². The molecule has 188 valence electrons. The van der Waals surface area contributed by atoms with Crippen LogP contribution in [-0.2, 0) is 5.60 Å². The zero-order valence-electron chi connectivity index (χ0n) is 18.4. The van der Waals surface area contributed by atoms with E-state index in [1.165, 1.54) is 41.8 Å². The summed E-state index contributed by atoms with van der Waals surface area (Å²) in [5.41, 5.74) is -3.59. The molecule has 1 unspecified atom stereocenters. The molecule has 2 aromatic heterocycles. The normalized spacial score (nSPS) is 13.6. The standard InChI is InChI=1S/C26H14F5NO3S2/c27-16-3-1-14(2-4-16)21-13-23(33)35-22-12-18(5-6-20(21)22)37-19-10-15(9-17(28)11-19)25(34,26(29,30)31)24-32-7-8-36-24/h1-13,34H. The number of thiazole rings is 1. The lowest BCUT2D eigenvalue weighted by molar-refractivity contribution is -0.248. The molecule has 0 radical (unpaired) electrons. The first-order valence-electron chi connectivity index (χ1n) is 10.6. The molecule has 11 heteroatoms. The number of aromatic nitrogens is 1. The van der Waals surface area contributed by atoms with Crippen LogP contribution >= 0.6 is 23.1 Å². The van der Waals surface area contributed by atoms with Gasteiger partial charge in [0.15, 0.2) is 0 Å². The average molecular weight is 548 g/mol. The van der Waals surface area contributed by atoms with Crippen LogP contribution in [0.1, 0.15) is 10.6 Å². The first kappa shape index (κ1) is 25.1. The largest absolute Gasteiger partial charge is 0.428 e. The third-order valence-corrected chi connectivity index (χ3v) is 7.39. The molecule has 3 aromatic carbocycles. The molecular weight excluding hydrogens is 533 g/mol. The highest BCUT2D eigenvalue weighted by molar-refractivity contribution is 7.99. The van der Waals surface area contributed by atoms with E-state index in [4.69, 9.17) is 4.42 Å². The van der Waals surface area contributed by atoms with Crippen LogP contribution in [0, 0.1) is 11.6 Å². The molecule has 2 heterocycles. The predicted octanol–water partition coefficient (Wildman–Crippen LogP) is 7.14. The molecule has 4 nitrogen and oxygen atoms in total. The van der Waals surface area contributed by atoms with Gasteiger partial charge in [-0.3, -0.25) is 0 Å². The summed E-state index contributed by atoms with van der Waals surface area (Å²) >= 11 is 1.51. The van der Waals surface area contributed by atoms with Gasteiger partial charge in [-0.25, -0.2) is 18.6 Å². The van der Waals surface area contributed by atoms with Crippen molar-refractivity contribution in [2.45, 2.75) is 21.6 Å². The van der Waals surface area contributed by atoms with Crippen LogP contribution in [0.2, 0.25) is 0 Å². The Morgan fingerprint density at radius 1 is 0.892 bits per heavy atom. The molecule has 5 rings (SSSR count). The van der Waals surface area contributed by atoms with Gasteiger partial charge >= 0.3 is 11.8 Å². The number of benzene rings is 3. The van der Waals surface area contributed by atoms with Gasteiger partial charge in [-0.2, -0.15) is 13.2 Å². The number of alkyl halides is 3. The second-order valence-electron chi connectivity index (χ2n) is 7.97. The van der Waals surface area contributed by atoms with E-state index in [0.717, 1.165) is 30.1 Å². The van der Waals surface area contributed by atoms with E-state index in [0.29, 0.717) is 38.8 Å². The molecule has 37 heavy (non-hydrogen) atoms. The lowest BCUT2D eigenvalue weighted by Crippen LogP contribution is -2.43. The summed E-state index contributed by atoms with van der Waals surface area (Å²) < 4.78 is 75.1. The molecule has 0 aliphatic carbocycles. The number of halogens is 5. The average Bonchev–Trinajstić information content (AvgIpc) is 3.37. The van der Waals surface area contributed by atoms with E-state index in [2.05, 4.69) is 4.98 Å². The fourth-order valence-electron chi connectivity index (χ4n) is 3.85. The van der Waals surface area contributed by atoms with E-state index in [1.54, 1.807) is 12.1 Å². The molecule has 0 bridgehead atoms. The first-order chi connectivity index (χ1) is 17.5. The number of rotatable bonds is 5. The zero-order chi connectivity index (χ0) is 26.4. The Morgan fingerprint density at radius 3 is 2.32 bits per heavy atom. The van der Waals surface area contributed by atoms with E-state index in [-0.39, 0.29) is 10.5 Å². The molecule has 0 fully saturated rings. The molecule has 0 saturated heterocycles. The van der Waals surface area contributed by atoms with E-state index >= 15 is 0 Å². The molecule has 0 saturated carbocycles. The number of fused-ring (bicyclic) bond motifs is 1. The van der Waals surface area contributed by atoms with Crippen molar-refractivity contribution in [2.75, 3.05) is 0 Å². The predicted molar refractivity (Wildman–Crippen MR) is 130 cm³/mol. The summed E-state index contributed by atoms with van der Waals surface area (Å²) in [6, 6.07) is 14.3. The number of aliphatic hydroxyl groups is 1. The highest BCUT2D eigenvalue weighted by Crippen LogP contribution is 2.46. The lowest BCUT2D eigenvalue weighted by atomic mass is 9.93. The first-order valence-corrected chi connectivity index (χ1v) is 12.3. The van der Waals surface area contributed by atoms with Gasteiger partial charge in [0, 0.05) is 38.4 Å². The van der Waals surface area contributed by atoms with Crippen LogP contribution in [0.4, 0.5) is 22.0 Å². The fourth-order valence-corrected chi connectivity index (χ4v) is 5.56. The van der Waals surface area contributed by atoms with Gasteiger partial charge in [-0.05, 0) is 59.7 Å². The summed E-state index contributed by atoms with van der Waals surface area (Å²) in [6.07, 6.45) is -4.04. The number of nitrogens with zero attached hydrogens (tertiary/aromatic N) is 1. The maximum Gasteiger partial charge on any atom is 0.428 e. The third-order valence-electron chi connectivity index (χ3n) is 5.55. The molecule has 0 spiro atoms. The van der Waals surface area contributed by atoms with E-state index < -0.39 is 39.6 Å². The van der Waals surface area contributed by atoms with Crippen LogP contribution in [0.3, 0.4) is 0 Å². The minimum absolute atomic E-state index is 0.0746. The van der Waals surface area contributed by atoms with Crippen LogP contribution in [0.5, 0.6) is 0 Å². The number of hydrogen-bond donors (Lipinski definition) is 1. The summed E-state index contributed by atoms with van der Waals surface area (Å²) in [6.45, 7) is 0. The Bertz CT molecular complexity index is 1650. The number of hydrogen-bond acceptors (Lipinski definition) is 6. The van der Waals surface area contributed by atoms with Gasteiger partial charge in [0.2, 0.25) is 5.60 Å². The summed E-state index contributed by atoms with van der Waals surface area (Å²) in [5, 5.41) is 11.9. The van der Waals surface area contributed by atoms with Gasteiger partial charge in [0.25, 0.3) is 0 Å². The Kier molecular flexibility index (Phi) is 6.38. The maximum atomic E-state index is 14.5. The second-order valence-corrected chi connectivity index (χ2v) is 10.0.